The van der Waals surface area contributed by atoms with Gasteiger partial charge in [-0.3, -0.25) is 14.3 Å². The molecule has 1 unspecified atom stereocenters. The maximum atomic E-state index is 12.8. The van der Waals surface area contributed by atoms with Gasteiger partial charge in [0.1, 0.15) is 5.69 Å². The number of nitrogens with one attached hydrogen (secondary N) is 1. The van der Waals surface area contributed by atoms with Crippen LogP contribution in [-0.2, 0) is 11.3 Å². The zero-order valence-corrected chi connectivity index (χ0v) is 19.3. The average Bonchev–Trinajstić information content (AvgIpc) is 3.45. The molecule has 170 valence electrons. The van der Waals surface area contributed by atoms with E-state index in [1.54, 1.807) is 36.1 Å². The number of amides is 2. The summed E-state index contributed by atoms with van der Waals surface area (Å²) in [4.78, 5) is 32.2. The molecular weight excluding hydrogens is 404 g/mol. The molecule has 0 bridgehead atoms. The molecule has 2 aromatic heterocycles. The lowest BCUT2D eigenvalue weighted by Crippen LogP contribution is -2.39. The van der Waals surface area contributed by atoms with E-state index in [2.05, 4.69) is 41.3 Å². The predicted molar refractivity (Wildman–Crippen MR) is 124 cm³/mol. The molecule has 8 heteroatoms. The number of aryl methyl sites for hydroxylation is 1. The SMILES string of the molecule is CC(C)c1cc(C2CCCN(C(=O)CCn3ccnn3)C2)cc2[nH]c(C(=O)N(C)C)cc12. The van der Waals surface area contributed by atoms with Gasteiger partial charge in [0.25, 0.3) is 5.91 Å². The van der Waals surface area contributed by atoms with Gasteiger partial charge >= 0.3 is 0 Å². The normalized spacial score (nSPS) is 16.7. The Morgan fingerprint density at radius 3 is 2.75 bits per heavy atom. The van der Waals surface area contributed by atoms with Gasteiger partial charge in [0.05, 0.1) is 12.7 Å². The Morgan fingerprint density at radius 2 is 2.06 bits per heavy atom. The van der Waals surface area contributed by atoms with E-state index in [4.69, 9.17) is 0 Å². The molecule has 1 N–H and O–H groups in total. The maximum Gasteiger partial charge on any atom is 0.269 e. The number of aromatic nitrogens is 4. The standard InChI is InChI=1S/C24H32N6O2/c1-16(2)19-12-18(13-21-20(19)14-22(26-21)24(32)28(3)4)17-6-5-9-29(15-17)23(31)7-10-30-11-8-25-27-30/h8,11-14,16-17,26H,5-7,9-10,15H2,1-4H3. The lowest BCUT2D eigenvalue weighted by molar-refractivity contribution is -0.132. The highest BCUT2D eigenvalue weighted by molar-refractivity contribution is 5.99. The number of carbonyl (C=O) groups is 2. The fourth-order valence-corrected chi connectivity index (χ4v) is 4.55. The molecule has 1 aromatic carbocycles. The van der Waals surface area contributed by atoms with Crippen molar-refractivity contribution in [1.29, 1.82) is 0 Å². The van der Waals surface area contributed by atoms with Crippen molar-refractivity contribution in [3.63, 3.8) is 0 Å². The van der Waals surface area contributed by atoms with Crippen molar-refractivity contribution < 1.29 is 9.59 Å². The number of H-pyrrole nitrogens is 1. The molecular formula is C24H32N6O2. The number of fused-ring (bicyclic) bond motifs is 1. The van der Waals surface area contributed by atoms with Crippen LogP contribution >= 0.6 is 0 Å². The number of benzene rings is 1. The van der Waals surface area contributed by atoms with Gasteiger partial charge in [0.2, 0.25) is 5.91 Å². The lowest BCUT2D eigenvalue weighted by atomic mass is 9.86. The molecule has 3 heterocycles. The van der Waals surface area contributed by atoms with Crippen LogP contribution in [0.2, 0.25) is 0 Å². The minimum absolute atomic E-state index is 0.0284. The van der Waals surface area contributed by atoms with Crippen LogP contribution in [0.25, 0.3) is 10.9 Å². The van der Waals surface area contributed by atoms with Gasteiger partial charge in [-0.15, -0.1) is 5.10 Å². The third-order valence-electron chi connectivity index (χ3n) is 6.32. The number of carbonyl (C=O) groups excluding carboxylic acids is 2. The molecule has 1 aliphatic heterocycles. The van der Waals surface area contributed by atoms with Crippen LogP contribution in [0.4, 0.5) is 0 Å². The van der Waals surface area contributed by atoms with Crippen LogP contribution in [0.1, 0.15) is 66.6 Å². The Kier molecular flexibility index (Phi) is 6.30. The Morgan fingerprint density at radius 1 is 1.25 bits per heavy atom. The van der Waals surface area contributed by atoms with Crippen LogP contribution in [-0.4, -0.2) is 68.8 Å². The quantitative estimate of drug-likeness (QED) is 0.642. The summed E-state index contributed by atoms with van der Waals surface area (Å²) in [5.41, 5.74) is 4.07. The molecule has 8 nitrogen and oxygen atoms in total. The molecule has 1 aliphatic rings. The van der Waals surface area contributed by atoms with Gasteiger partial charge in [-0.25, -0.2) is 0 Å². The number of hydrogen-bond donors (Lipinski definition) is 1. The molecule has 0 spiro atoms. The summed E-state index contributed by atoms with van der Waals surface area (Å²) in [5.74, 6) is 0.755. The Hall–Kier alpha value is -3.16. The van der Waals surface area contributed by atoms with Crippen molar-refractivity contribution in [1.82, 2.24) is 29.8 Å². The average molecular weight is 437 g/mol. The number of nitrogens with zero attached hydrogens (tertiary/aromatic N) is 5. The van der Waals surface area contributed by atoms with Gasteiger partial charge < -0.3 is 14.8 Å². The van der Waals surface area contributed by atoms with E-state index < -0.39 is 0 Å². The van der Waals surface area contributed by atoms with E-state index >= 15 is 0 Å². The second kappa shape index (κ2) is 9.14. The molecule has 1 atom stereocenters. The largest absolute Gasteiger partial charge is 0.351 e. The fourth-order valence-electron chi connectivity index (χ4n) is 4.55. The van der Waals surface area contributed by atoms with Crippen molar-refractivity contribution in [3.05, 3.63) is 47.4 Å². The molecule has 0 saturated carbocycles. The third-order valence-corrected chi connectivity index (χ3v) is 6.32. The molecule has 0 radical (unpaired) electrons. The molecule has 3 aromatic rings. The third kappa shape index (κ3) is 4.54. The summed E-state index contributed by atoms with van der Waals surface area (Å²) in [6.07, 6.45) is 5.88. The summed E-state index contributed by atoms with van der Waals surface area (Å²) in [6.45, 7) is 6.44. The van der Waals surface area contributed by atoms with Crippen LogP contribution in [0.3, 0.4) is 0 Å². The van der Waals surface area contributed by atoms with E-state index in [1.165, 1.54) is 11.1 Å². The molecule has 1 fully saturated rings. The van der Waals surface area contributed by atoms with Gasteiger partial charge in [-0.1, -0.05) is 25.1 Å². The zero-order valence-electron chi connectivity index (χ0n) is 19.3. The second-order valence-corrected chi connectivity index (χ2v) is 9.20. The van der Waals surface area contributed by atoms with Crippen LogP contribution in [0.15, 0.2) is 30.6 Å². The van der Waals surface area contributed by atoms with E-state index in [1.807, 2.05) is 11.0 Å². The lowest BCUT2D eigenvalue weighted by Gasteiger charge is -2.33. The maximum absolute atomic E-state index is 12.8. The number of rotatable bonds is 6. The minimum Gasteiger partial charge on any atom is -0.351 e. The van der Waals surface area contributed by atoms with Gasteiger partial charge in [-0.05, 0) is 42.0 Å². The number of likely N-dealkylation sites (tertiary alicyclic amines) is 1. The Labute approximate surface area is 188 Å². The first-order valence-corrected chi connectivity index (χ1v) is 11.3. The minimum atomic E-state index is -0.0284. The fraction of sp³-hybridized carbons (Fsp3) is 0.500. The molecule has 4 rings (SSSR count). The number of aromatic amines is 1. The van der Waals surface area contributed by atoms with Gasteiger partial charge in [0, 0.05) is 56.6 Å². The second-order valence-electron chi connectivity index (χ2n) is 9.20. The zero-order chi connectivity index (χ0) is 22.8. The first-order chi connectivity index (χ1) is 15.3. The van der Waals surface area contributed by atoms with E-state index in [-0.39, 0.29) is 17.7 Å². The summed E-state index contributed by atoms with van der Waals surface area (Å²) in [5, 5.41) is 8.84. The monoisotopic (exact) mass is 436 g/mol. The van der Waals surface area contributed by atoms with Crippen molar-refractivity contribution in [3.8, 4) is 0 Å². The van der Waals surface area contributed by atoms with E-state index in [0.29, 0.717) is 24.6 Å². The first kappa shape index (κ1) is 22.0. The summed E-state index contributed by atoms with van der Waals surface area (Å²) in [7, 11) is 3.53. The smallest absolute Gasteiger partial charge is 0.269 e. The van der Waals surface area contributed by atoms with Crippen molar-refractivity contribution >= 4 is 22.7 Å². The highest BCUT2D eigenvalue weighted by Gasteiger charge is 2.26. The van der Waals surface area contributed by atoms with Gasteiger partial charge in [-0.2, -0.15) is 0 Å². The number of piperidine rings is 1. The summed E-state index contributed by atoms with van der Waals surface area (Å²) >= 11 is 0. The molecule has 1 saturated heterocycles. The predicted octanol–water partition coefficient (Wildman–Crippen LogP) is 3.38. The molecule has 32 heavy (non-hydrogen) atoms. The van der Waals surface area contributed by atoms with Crippen LogP contribution < -0.4 is 0 Å². The van der Waals surface area contributed by atoms with Crippen molar-refractivity contribution in [2.75, 3.05) is 27.2 Å². The van der Waals surface area contributed by atoms with Crippen LogP contribution in [0.5, 0.6) is 0 Å². The van der Waals surface area contributed by atoms with Gasteiger partial charge in [0.15, 0.2) is 0 Å². The summed E-state index contributed by atoms with van der Waals surface area (Å²) in [6, 6.07) is 6.41. The first-order valence-electron chi connectivity index (χ1n) is 11.3. The van der Waals surface area contributed by atoms with Crippen LogP contribution in [0, 0.1) is 0 Å². The van der Waals surface area contributed by atoms with Crippen molar-refractivity contribution in [2.45, 2.75) is 51.5 Å². The molecule has 2 amide bonds. The van der Waals surface area contributed by atoms with Crippen molar-refractivity contribution in [2.24, 2.45) is 0 Å². The highest BCUT2D eigenvalue weighted by atomic mass is 16.2. The van der Waals surface area contributed by atoms with E-state index in [0.717, 1.165) is 36.8 Å². The Balaban J connectivity index is 1.56. The summed E-state index contributed by atoms with van der Waals surface area (Å²) < 4.78 is 1.69. The number of hydrogen-bond acceptors (Lipinski definition) is 4. The Bertz CT molecular complexity index is 1100. The molecule has 0 aliphatic carbocycles. The highest BCUT2D eigenvalue weighted by Crippen LogP contribution is 2.34. The van der Waals surface area contributed by atoms with E-state index in [9.17, 15) is 9.59 Å². The topological polar surface area (TPSA) is 87.1 Å².